The molecule has 76 valence electrons. The first-order chi connectivity index (χ1) is 6.81. The quantitative estimate of drug-likeness (QED) is 0.787. The molecular formula is C12H17NO. The van der Waals surface area contributed by atoms with Crippen LogP contribution in [0.2, 0.25) is 0 Å². The molecule has 0 unspecified atom stereocenters. The zero-order valence-electron chi connectivity index (χ0n) is 8.61. The molecule has 14 heavy (non-hydrogen) atoms. The van der Waals surface area contributed by atoms with Crippen molar-refractivity contribution in [2.45, 2.75) is 32.5 Å². The summed E-state index contributed by atoms with van der Waals surface area (Å²) < 4.78 is 0. The standard InChI is InChI=1S/C12H17NO/c1-10(6-7-14)13-8-11-4-2-3-5-12(11)9-13/h2-5,10,14H,6-9H2,1H3/t10-/m1/s1. The van der Waals surface area contributed by atoms with Crippen LogP contribution in [-0.2, 0) is 13.1 Å². The van der Waals surface area contributed by atoms with E-state index in [1.165, 1.54) is 11.1 Å². The van der Waals surface area contributed by atoms with Gasteiger partial charge in [0.2, 0.25) is 0 Å². The first kappa shape index (κ1) is 9.69. The minimum Gasteiger partial charge on any atom is -0.396 e. The fourth-order valence-electron chi connectivity index (χ4n) is 2.04. The Balaban J connectivity index is 2.04. The number of hydrogen-bond acceptors (Lipinski definition) is 2. The predicted octanol–water partition coefficient (Wildman–Crippen LogP) is 1.77. The number of nitrogens with zero attached hydrogens (tertiary/aromatic N) is 1. The van der Waals surface area contributed by atoms with E-state index >= 15 is 0 Å². The lowest BCUT2D eigenvalue weighted by Gasteiger charge is -2.22. The molecule has 0 saturated heterocycles. The molecule has 0 aromatic heterocycles. The minimum absolute atomic E-state index is 0.286. The van der Waals surface area contributed by atoms with Gasteiger partial charge in [-0.25, -0.2) is 0 Å². The normalized spacial score (nSPS) is 18.1. The van der Waals surface area contributed by atoms with Crippen LogP contribution in [-0.4, -0.2) is 22.7 Å². The molecule has 0 bridgehead atoms. The molecule has 1 heterocycles. The second-order valence-corrected chi connectivity index (χ2v) is 4.03. The molecule has 1 aliphatic rings. The number of benzene rings is 1. The zero-order chi connectivity index (χ0) is 9.97. The highest BCUT2D eigenvalue weighted by atomic mass is 16.3. The lowest BCUT2D eigenvalue weighted by atomic mass is 10.1. The van der Waals surface area contributed by atoms with Gasteiger partial charge in [0.25, 0.3) is 0 Å². The number of aliphatic hydroxyl groups excluding tert-OH is 1. The molecule has 0 amide bonds. The van der Waals surface area contributed by atoms with E-state index < -0.39 is 0 Å². The minimum atomic E-state index is 0.286. The number of hydrogen-bond donors (Lipinski definition) is 1. The number of fused-ring (bicyclic) bond motifs is 1. The van der Waals surface area contributed by atoms with E-state index in [2.05, 4.69) is 36.1 Å². The van der Waals surface area contributed by atoms with Gasteiger partial charge in [-0.05, 0) is 24.5 Å². The molecule has 1 aromatic rings. The molecule has 0 saturated carbocycles. The lowest BCUT2D eigenvalue weighted by Crippen LogP contribution is -2.28. The summed E-state index contributed by atoms with van der Waals surface area (Å²) in [5.74, 6) is 0. The second kappa shape index (κ2) is 4.11. The van der Waals surface area contributed by atoms with Crippen molar-refractivity contribution in [1.82, 2.24) is 4.90 Å². The van der Waals surface area contributed by atoms with Gasteiger partial charge >= 0.3 is 0 Å². The fourth-order valence-corrected chi connectivity index (χ4v) is 2.04. The molecule has 1 aromatic carbocycles. The summed E-state index contributed by atoms with van der Waals surface area (Å²) in [6, 6.07) is 9.06. The monoisotopic (exact) mass is 191 g/mol. The fraction of sp³-hybridized carbons (Fsp3) is 0.500. The Labute approximate surface area is 85.2 Å². The van der Waals surface area contributed by atoms with Gasteiger partial charge in [0.15, 0.2) is 0 Å². The molecule has 1 aliphatic heterocycles. The SMILES string of the molecule is C[C@H](CCO)N1Cc2ccccc2C1. The van der Waals surface area contributed by atoms with Crippen molar-refractivity contribution in [3.8, 4) is 0 Å². The van der Waals surface area contributed by atoms with Crippen LogP contribution < -0.4 is 0 Å². The van der Waals surface area contributed by atoms with Crippen molar-refractivity contribution in [1.29, 1.82) is 0 Å². The van der Waals surface area contributed by atoms with Crippen LogP contribution >= 0.6 is 0 Å². The smallest absolute Gasteiger partial charge is 0.0445 e. The van der Waals surface area contributed by atoms with Gasteiger partial charge in [-0.1, -0.05) is 24.3 Å². The highest BCUT2D eigenvalue weighted by molar-refractivity contribution is 5.30. The summed E-state index contributed by atoms with van der Waals surface area (Å²) in [7, 11) is 0. The van der Waals surface area contributed by atoms with Crippen molar-refractivity contribution in [2.75, 3.05) is 6.61 Å². The van der Waals surface area contributed by atoms with Gasteiger partial charge in [-0.15, -0.1) is 0 Å². The number of rotatable bonds is 3. The van der Waals surface area contributed by atoms with E-state index in [1.807, 2.05) is 0 Å². The maximum absolute atomic E-state index is 8.89. The molecule has 1 atom stereocenters. The molecule has 0 spiro atoms. The largest absolute Gasteiger partial charge is 0.396 e. The lowest BCUT2D eigenvalue weighted by molar-refractivity contribution is 0.168. The predicted molar refractivity (Wildman–Crippen MR) is 56.9 cm³/mol. The summed E-state index contributed by atoms with van der Waals surface area (Å²) in [6.07, 6.45) is 0.869. The summed E-state index contributed by atoms with van der Waals surface area (Å²) in [6.45, 7) is 4.55. The van der Waals surface area contributed by atoms with Crippen LogP contribution in [0.25, 0.3) is 0 Å². The third-order valence-electron chi connectivity index (χ3n) is 3.04. The van der Waals surface area contributed by atoms with Crippen molar-refractivity contribution in [3.63, 3.8) is 0 Å². The Bertz CT molecular complexity index is 286. The van der Waals surface area contributed by atoms with E-state index in [9.17, 15) is 0 Å². The van der Waals surface area contributed by atoms with E-state index in [0.29, 0.717) is 6.04 Å². The van der Waals surface area contributed by atoms with Crippen molar-refractivity contribution in [3.05, 3.63) is 35.4 Å². The highest BCUT2D eigenvalue weighted by Crippen LogP contribution is 2.24. The van der Waals surface area contributed by atoms with Crippen LogP contribution in [0.1, 0.15) is 24.5 Å². The Morgan fingerprint density at radius 3 is 2.36 bits per heavy atom. The maximum atomic E-state index is 8.89. The molecule has 2 rings (SSSR count). The van der Waals surface area contributed by atoms with Crippen molar-refractivity contribution >= 4 is 0 Å². The zero-order valence-corrected chi connectivity index (χ0v) is 8.61. The summed E-state index contributed by atoms with van der Waals surface area (Å²) in [5, 5.41) is 8.89. The summed E-state index contributed by atoms with van der Waals surface area (Å²) in [4.78, 5) is 2.42. The van der Waals surface area contributed by atoms with Gasteiger partial charge in [-0.2, -0.15) is 0 Å². The van der Waals surface area contributed by atoms with Crippen molar-refractivity contribution < 1.29 is 5.11 Å². The van der Waals surface area contributed by atoms with Crippen LogP contribution in [0, 0.1) is 0 Å². The van der Waals surface area contributed by atoms with E-state index in [0.717, 1.165) is 19.5 Å². The topological polar surface area (TPSA) is 23.5 Å². The second-order valence-electron chi connectivity index (χ2n) is 4.03. The Morgan fingerprint density at radius 2 is 1.86 bits per heavy atom. The van der Waals surface area contributed by atoms with Gasteiger partial charge < -0.3 is 5.11 Å². The van der Waals surface area contributed by atoms with E-state index in [4.69, 9.17) is 5.11 Å². The van der Waals surface area contributed by atoms with E-state index in [1.54, 1.807) is 0 Å². The molecule has 2 heteroatoms. The first-order valence-corrected chi connectivity index (χ1v) is 5.23. The van der Waals surface area contributed by atoms with Crippen LogP contribution in [0.3, 0.4) is 0 Å². The maximum Gasteiger partial charge on any atom is 0.0445 e. The van der Waals surface area contributed by atoms with Gasteiger partial charge in [0.1, 0.15) is 0 Å². The molecular weight excluding hydrogens is 174 g/mol. The molecule has 0 radical (unpaired) electrons. The molecule has 2 nitrogen and oxygen atoms in total. The van der Waals surface area contributed by atoms with Crippen LogP contribution in [0.15, 0.2) is 24.3 Å². The van der Waals surface area contributed by atoms with Crippen LogP contribution in [0.5, 0.6) is 0 Å². The average molecular weight is 191 g/mol. The highest BCUT2D eigenvalue weighted by Gasteiger charge is 2.21. The third-order valence-corrected chi connectivity index (χ3v) is 3.04. The molecule has 1 N–H and O–H groups in total. The molecule has 0 aliphatic carbocycles. The van der Waals surface area contributed by atoms with E-state index in [-0.39, 0.29) is 6.61 Å². The Morgan fingerprint density at radius 1 is 1.29 bits per heavy atom. The first-order valence-electron chi connectivity index (χ1n) is 5.23. The van der Waals surface area contributed by atoms with Gasteiger partial charge in [0, 0.05) is 25.7 Å². The van der Waals surface area contributed by atoms with Crippen LogP contribution in [0.4, 0.5) is 0 Å². The summed E-state index contributed by atoms with van der Waals surface area (Å²) >= 11 is 0. The third kappa shape index (κ3) is 1.81. The van der Waals surface area contributed by atoms with Gasteiger partial charge in [0.05, 0.1) is 0 Å². The Kier molecular flexibility index (Phi) is 2.85. The van der Waals surface area contributed by atoms with Crippen molar-refractivity contribution in [2.24, 2.45) is 0 Å². The van der Waals surface area contributed by atoms with Gasteiger partial charge in [-0.3, -0.25) is 4.90 Å². The molecule has 0 fully saturated rings. The Hall–Kier alpha value is -0.860. The summed E-state index contributed by atoms with van der Waals surface area (Å²) in [5.41, 5.74) is 2.88. The average Bonchev–Trinajstić information content (AvgIpc) is 2.61. The number of aliphatic hydroxyl groups is 1.